The third-order valence-electron chi connectivity index (χ3n) is 5.10. The van der Waals surface area contributed by atoms with Crippen molar-refractivity contribution >= 4 is 35.5 Å². The van der Waals surface area contributed by atoms with Gasteiger partial charge >= 0.3 is 5.97 Å². The van der Waals surface area contributed by atoms with E-state index in [-0.39, 0.29) is 33.6 Å². The van der Waals surface area contributed by atoms with Crippen LogP contribution in [0.15, 0.2) is 84.6 Å². The Balaban J connectivity index is 1.57. The Labute approximate surface area is 198 Å². The fraction of sp³-hybridized carbons (Fsp3) is 0.0400. The van der Waals surface area contributed by atoms with Gasteiger partial charge in [-0.2, -0.15) is 0 Å². The summed E-state index contributed by atoms with van der Waals surface area (Å²) < 4.78 is 5.18. The summed E-state index contributed by atoms with van der Waals surface area (Å²) >= 11 is 0. The van der Waals surface area contributed by atoms with Gasteiger partial charge in [0.1, 0.15) is 5.70 Å². The lowest BCUT2D eigenvalue weighted by Crippen LogP contribution is -2.35. The second-order valence-corrected chi connectivity index (χ2v) is 7.38. The third-order valence-corrected chi connectivity index (χ3v) is 5.10. The van der Waals surface area contributed by atoms with Gasteiger partial charge in [0.2, 0.25) is 0 Å². The summed E-state index contributed by atoms with van der Waals surface area (Å²) in [6.07, 6.45) is 1.21. The molecule has 1 N–H and O–H groups in total. The SMILES string of the molecule is O=C(OCN1C(=O)c2ccccc2C1=O)/C(=C/c1cccc([N+](=O)[O-])c1)NC(=O)c1ccccc1. The molecule has 0 aromatic heterocycles. The van der Waals surface area contributed by atoms with E-state index >= 15 is 0 Å². The number of carbonyl (C=O) groups excluding carboxylic acids is 4. The number of carbonyl (C=O) groups is 4. The number of nitrogens with one attached hydrogen (secondary N) is 1. The number of non-ortho nitro benzene ring substituents is 1. The largest absolute Gasteiger partial charge is 0.439 e. The Hall–Kier alpha value is -5.12. The Morgan fingerprint density at radius 3 is 2.17 bits per heavy atom. The zero-order chi connectivity index (χ0) is 24.9. The highest BCUT2D eigenvalue weighted by molar-refractivity contribution is 6.21. The standard InChI is InChI=1S/C25H17N3O7/c29-22(17-8-2-1-3-9-17)26-21(14-16-7-6-10-18(13-16)28(33)34)25(32)35-15-27-23(30)19-11-4-5-12-20(19)24(27)31/h1-14H,15H2,(H,26,29)/b21-14-. The average molecular weight is 471 g/mol. The van der Waals surface area contributed by atoms with E-state index in [9.17, 15) is 29.3 Å². The van der Waals surface area contributed by atoms with Gasteiger partial charge in [0, 0.05) is 17.7 Å². The summed E-state index contributed by atoms with van der Waals surface area (Å²) in [5.74, 6) is -2.90. The van der Waals surface area contributed by atoms with Crippen LogP contribution in [0.3, 0.4) is 0 Å². The van der Waals surface area contributed by atoms with Gasteiger partial charge in [0.15, 0.2) is 6.73 Å². The molecule has 3 aromatic rings. The molecular formula is C25H17N3O7. The summed E-state index contributed by atoms with van der Waals surface area (Å²) in [6, 6.07) is 19.7. The number of nitrogens with zero attached hydrogens (tertiary/aromatic N) is 2. The Kier molecular flexibility index (Phi) is 6.45. The van der Waals surface area contributed by atoms with E-state index in [1.54, 1.807) is 30.3 Å². The zero-order valence-electron chi connectivity index (χ0n) is 18.0. The van der Waals surface area contributed by atoms with Gasteiger partial charge in [0.05, 0.1) is 16.1 Å². The van der Waals surface area contributed by atoms with Crippen LogP contribution in [0.25, 0.3) is 6.08 Å². The zero-order valence-corrected chi connectivity index (χ0v) is 18.0. The maximum absolute atomic E-state index is 12.9. The molecule has 3 amide bonds. The number of nitro groups is 1. The molecule has 1 aliphatic rings. The molecule has 1 aliphatic heterocycles. The topological polar surface area (TPSA) is 136 Å². The van der Waals surface area contributed by atoms with Crippen molar-refractivity contribution in [3.63, 3.8) is 0 Å². The normalized spacial score (nSPS) is 12.8. The van der Waals surface area contributed by atoms with Gasteiger partial charge in [-0.15, -0.1) is 0 Å². The molecule has 0 saturated carbocycles. The maximum Gasteiger partial charge on any atom is 0.356 e. The number of imide groups is 1. The molecule has 0 spiro atoms. The van der Waals surface area contributed by atoms with E-state index < -0.39 is 35.3 Å². The fourth-order valence-electron chi connectivity index (χ4n) is 3.38. The minimum Gasteiger partial charge on any atom is -0.439 e. The Morgan fingerprint density at radius 2 is 1.54 bits per heavy atom. The number of ether oxygens (including phenoxy) is 1. The monoisotopic (exact) mass is 471 g/mol. The molecule has 35 heavy (non-hydrogen) atoms. The predicted molar refractivity (Wildman–Crippen MR) is 123 cm³/mol. The van der Waals surface area contributed by atoms with Crippen molar-refractivity contribution in [2.75, 3.05) is 6.73 Å². The molecule has 0 fully saturated rings. The van der Waals surface area contributed by atoms with Crippen molar-refractivity contribution in [1.82, 2.24) is 10.2 Å². The second kappa shape index (κ2) is 9.79. The highest BCUT2D eigenvalue weighted by atomic mass is 16.6. The van der Waals surface area contributed by atoms with Gasteiger partial charge in [-0.05, 0) is 35.9 Å². The highest BCUT2D eigenvalue weighted by Crippen LogP contribution is 2.22. The molecule has 0 radical (unpaired) electrons. The molecule has 3 aromatic carbocycles. The first-order chi connectivity index (χ1) is 16.8. The number of hydrogen-bond acceptors (Lipinski definition) is 7. The molecule has 1 heterocycles. The number of amides is 3. The van der Waals surface area contributed by atoms with Gasteiger partial charge in [0.25, 0.3) is 23.4 Å². The number of rotatable bonds is 7. The van der Waals surface area contributed by atoms with Crippen molar-refractivity contribution in [3.05, 3.63) is 117 Å². The van der Waals surface area contributed by atoms with Crippen LogP contribution in [-0.2, 0) is 9.53 Å². The second-order valence-electron chi connectivity index (χ2n) is 7.38. The Bertz CT molecular complexity index is 1350. The quantitative estimate of drug-likeness (QED) is 0.184. The molecule has 10 heteroatoms. The minimum absolute atomic E-state index is 0.193. The number of fused-ring (bicyclic) bond motifs is 1. The van der Waals surface area contributed by atoms with E-state index in [0.29, 0.717) is 0 Å². The molecular weight excluding hydrogens is 454 g/mol. The van der Waals surface area contributed by atoms with Crippen molar-refractivity contribution in [1.29, 1.82) is 0 Å². The molecule has 0 unspecified atom stereocenters. The number of nitro benzene ring substituents is 1. The van der Waals surface area contributed by atoms with Crippen LogP contribution < -0.4 is 5.32 Å². The van der Waals surface area contributed by atoms with Gasteiger partial charge < -0.3 is 10.1 Å². The first-order valence-electron chi connectivity index (χ1n) is 10.3. The summed E-state index contributed by atoms with van der Waals surface area (Å²) in [5.41, 5.74) is 0.338. The minimum atomic E-state index is -1.04. The molecule has 10 nitrogen and oxygen atoms in total. The van der Waals surface area contributed by atoms with E-state index in [2.05, 4.69) is 5.32 Å². The summed E-state index contributed by atoms with van der Waals surface area (Å²) in [7, 11) is 0. The van der Waals surface area contributed by atoms with Crippen LogP contribution in [0.1, 0.15) is 36.6 Å². The van der Waals surface area contributed by atoms with E-state index in [4.69, 9.17) is 4.74 Å². The molecule has 0 aliphatic carbocycles. The van der Waals surface area contributed by atoms with Crippen LogP contribution >= 0.6 is 0 Å². The summed E-state index contributed by atoms with van der Waals surface area (Å²) in [4.78, 5) is 61.8. The van der Waals surface area contributed by atoms with Crippen LogP contribution in [0.5, 0.6) is 0 Å². The van der Waals surface area contributed by atoms with Crippen LogP contribution in [0.4, 0.5) is 5.69 Å². The molecule has 4 rings (SSSR count). The summed E-state index contributed by atoms with van der Waals surface area (Å²) in [5, 5.41) is 13.5. The average Bonchev–Trinajstić information content (AvgIpc) is 3.12. The van der Waals surface area contributed by atoms with E-state index in [0.717, 1.165) is 4.90 Å². The van der Waals surface area contributed by atoms with Crippen LogP contribution in [0, 0.1) is 10.1 Å². The Morgan fingerprint density at radius 1 is 0.914 bits per heavy atom. The van der Waals surface area contributed by atoms with Crippen molar-refractivity contribution < 1.29 is 28.8 Å². The summed E-state index contributed by atoms with van der Waals surface area (Å²) in [6.45, 7) is -0.682. The number of esters is 1. The lowest BCUT2D eigenvalue weighted by molar-refractivity contribution is -0.384. The van der Waals surface area contributed by atoms with E-state index in [1.165, 1.54) is 54.6 Å². The van der Waals surface area contributed by atoms with E-state index in [1.807, 2.05) is 0 Å². The smallest absolute Gasteiger partial charge is 0.356 e. The third kappa shape index (κ3) is 4.96. The number of hydrogen-bond donors (Lipinski definition) is 1. The molecule has 0 saturated heterocycles. The molecule has 174 valence electrons. The first-order valence-corrected chi connectivity index (χ1v) is 10.3. The predicted octanol–water partition coefficient (Wildman–Crippen LogP) is 3.16. The van der Waals surface area contributed by atoms with Crippen molar-refractivity contribution in [2.45, 2.75) is 0 Å². The van der Waals surface area contributed by atoms with Gasteiger partial charge in [-0.1, -0.05) is 42.5 Å². The van der Waals surface area contributed by atoms with Gasteiger partial charge in [-0.25, -0.2) is 9.69 Å². The van der Waals surface area contributed by atoms with Crippen molar-refractivity contribution in [2.24, 2.45) is 0 Å². The molecule has 0 atom stereocenters. The van der Waals surface area contributed by atoms with Crippen molar-refractivity contribution in [3.8, 4) is 0 Å². The molecule has 0 bridgehead atoms. The van der Waals surface area contributed by atoms with Gasteiger partial charge in [-0.3, -0.25) is 24.5 Å². The lowest BCUT2D eigenvalue weighted by Gasteiger charge is -2.15. The van der Waals surface area contributed by atoms with Crippen LogP contribution in [-0.4, -0.2) is 40.2 Å². The maximum atomic E-state index is 12.9. The fourth-order valence-corrected chi connectivity index (χ4v) is 3.38. The first kappa shape index (κ1) is 23.1. The van der Waals surface area contributed by atoms with Crippen LogP contribution in [0.2, 0.25) is 0 Å². The lowest BCUT2D eigenvalue weighted by atomic mass is 10.1. The number of benzene rings is 3. The highest BCUT2D eigenvalue weighted by Gasteiger charge is 2.36.